The molecule has 51 heavy (non-hydrogen) atoms. The molecule has 1 fully saturated rings. The highest BCUT2D eigenvalue weighted by molar-refractivity contribution is 6.08. The van der Waals surface area contributed by atoms with Crippen molar-refractivity contribution in [2.75, 3.05) is 21.3 Å². The molecule has 4 heteroatoms. The SMILES string of the molecule is COc1ccc(C2(c3ccccc3)C=Cc3c4c(c5cc(OC)c(OC)cc5c3O2)-c2ccccc2C(C)(C)C42CC(C)(C)CC(C)(C)C2)cc1. The predicted octanol–water partition coefficient (Wildman–Crippen LogP) is 11.6. The summed E-state index contributed by atoms with van der Waals surface area (Å²) in [5, 5.41) is 2.13. The first-order valence-electron chi connectivity index (χ1n) is 18.2. The number of hydrogen-bond acceptors (Lipinski definition) is 4. The lowest BCUT2D eigenvalue weighted by Gasteiger charge is -2.62. The Labute approximate surface area is 303 Å². The fraction of sp³-hybridized carbons (Fsp3) is 0.362. The van der Waals surface area contributed by atoms with Crippen LogP contribution in [0.3, 0.4) is 0 Å². The third-order valence-corrected chi connectivity index (χ3v) is 12.3. The molecule has 0 radical (unpaired) electrons. The molecular weight excluding hydrogens is 629 g/mol. The lowest BCUT2D eigenvalue weighted by molar-refractivity contribution is 0.00585. The molecule has 1 saturated carbocycles. The van der Waals surface area contributed by atoms with Crippen molar-refractivity contribution in [3.8, 4) is 34.1 Å². The quantitative estimate of drug-likeness (QED) is 0.185. The molecule has 0 saturated heterocycles. The first-order valence-corrected chi connectivity index (χ1v) is 18.2. The van der Waals surface area contributed by atoms with E-state index in [0.717, 1.165) is 46.2 Å². The minimum absolute atomic E-state index is 0.123. The minimum atomic E-state index is -0.880. The summed E-state index contributed by atoms with van der Waals surface area (Å²) >= 11 is 0. The smallest absolute Gasteiger partial charge is 0.178 e. The molecule has 1 heterocycles. The standard InChI is InChI=1S/C47H50O4/c1-43(2)27-44(3,4)29-46(28-43)41-34-23-24-47(30-15-11-10-12-16-30,31-19-21-32(48-7)22-20-31)51-42(34)36-26-39(50-9)38(49-8)25-35(36)40(41)33-17-13-14-18-37(33)45(46,5)6/h10-26H,27-29H2,1-9H3. The molecule has 0 aromatic heterocycles. The summed E-state index contributed by atoms with van der Waals surface area (Å²) < 4.78 is 25.3. The van der Waals surface area contributed by atoms with Gasteiger partial charge in [0.05, 0.1) is 21.3 Å². The number of benzene rings is 5. The zero-order chi connectivity index (χ0) is 36.0. The van der Waals surface area contributed by atoms with E-state index in [9.17, 15) is 0 Å². The van der Waals surface area contributed by atoms with Crippen LogP contribution in [0.1, 0.15) is 88.6 Å². The van der Waals surface area contributed by atoms with Gasteiger partial charge in [0, 0.05) is 32.9 Å². The Morgan fingerprint density at radius 2 is 1.20 bits per heavy atom. The second kappa shape index (κ2) is 11.4. The Morgan fingerprint density at radius 3 is 1.82 bits per heavy atom. The fourth-order valence-electron chi connectivity index (χ4n) is 10.8. The van der Waals surface area contributed by atoms with Gasteiger partial charge in [-0.2, -0.15) is 0 Å². The molecule has 2 aliphatic carbocycles. The predicted molar refractivity (Wildman–Crippen MR) is 208 cm³/mol. The normalized spacial score (nSPS) is 21.6. The first-order chi connectivity index (χ1) is 24.3. The molecule has 1 aliphatic heterocycles. The van der Waals surface area contributed by atoms with Gasteiger partial charge in [-0.15, -0.1) is 0 Å². The van der Waals surface area contributed by atoms with Gasteiger partial charge in [0.15, 0.2) is 17.1 Å². The van der Waals surface area contributed by atoms with Crippen molar-refractivity contribution < 1.29 is 18.9 Å². The second-order valence-electron chi connectivity index (χ2n) is 17.1. The summed E-state index contributed by atoms with van der Waals surface area (Å²) in [6.45, 7) is 14.9. The van der Waals surface area contributed by atoms with Gasteiger partial charge < -0.3 is 18.9 Å². The summed E-state index contributed by atoms with van der Waals surface area (Å²) in [6.07, 6.45) is 7.99. The molecule has 8 rings (SSSR count). The molecular formula is C47H50O4. The molecule has 1 unspecified atom stereocenters. The Kier molecular flexibility index (Phi) is 7.48. The Balaban J connectivity index is 1.55. The maximum absolute atomic E-state index is 7.69. The molecule has 4 nitrogen and oxygen atoms in total. The summed E-state index contributed by atoms with van der Waals surface area (Å²) in [4.78, 5) is 0. The van der Waals surface area contributed by atoms with E-state index in [0.29, 0.717) is 11.5 Å². The summed E-state index contributed by atoms with van der Waals surface area (Å²) in [6, 6.07) is 32.3. The number of ether oxygens (including phenoxy) is 4. The van der Waals surface area contributed by atoms with Crippen LogP contribution in [0.5, 0.6) is 23.0 Å². The van der Waals surface area contributed by atoms with E-state index in [1.165, 1.54) is 34.2 Å². The Hall–Kier alpha value is -4.70. The third-order valence-electron chi connectivity index (χ3n) is 12.3. The van der Waals surface area contributed by atoms with Gasteiger partial charge in [0.25, 0.3) is 0 Å². The van der Waals surface area contributed by atoms with Gasteiger partial charge in [-0.05, 0) is 88.1 Å². The maximum atomic E-state index is 7.69. The van der Waals surface area contributed by atoms with Crippen LogP contribution in [-0.4, -0.2) is 21.3 Å². The summed E-state index contributed by atoms with van der Waals surface area (Å²) in [7, 11) is 5.14. The van der Waals surface area contributed by atoms with Crippen molar-refractivity contribution in [1.29, 1.82) is 0 Å². The Morgan fingerprint density at radius 1 is 0.608 bits per heavy atom. The second-order valence-corrected chi connectivity index (χ2v) is 17.1. The van der Waals surface area contributed by atoms with Crippen molar-refractivity contribution in [3.63, 3.8) is 0 Å². The van der Waals surface area contributed by atoms with E-state index in [1.807, 2.05) is 12.1 Å². The van der Waals surface area contributed by atoms with Crippen LogP contribution in [0.4, 0.5) is 0 Å². The monoisotopic (exact) mass is 678 g/mol. The van der Waals surface area contributed by atoms with Crippen LogP contribution >= 0.6 is 0 Å². The van der Waals surface area contributed by atoms with Gasteiger partial charge in [-0.25, -0.2) is 0 Å². The molecule has 1 atom stereocenters. The zero-order valence-electron chi connectivity index (χ0n) is 31.6. The van der Waals surface area contributed by atoms with Gasteiger partial charge in [0.2, 0.25) is 0 Å². The van der Waals surface area contributed by atoms with Crippen LogP contribution < -0.4 is 18.9 Å². The van der Waals surface area contributed by atoms with Gasteiger partial charge in [0.1, 0.15) is 11.5 Å². The topological polar surface area (TPSA) is 36.9 Å². The van der Waals surface area contributed by atoms with Crippen LogP contribution in [0.25, 0.3) is 28.0 Å². The van der Waals surface area contributed by atoms with E-state index in [2.05, 4.69) is 133 Å². The van der Waals surface area contributed by atoms with Crippen LogP contribution in [0, 0.1) is 10.8 Å². The lowest BCUT2D eigenvalue weighted by atomic mass is 9.42. The van der Waals surface area contributed by atoms with Crippen molar-refractivity contribution in [1.82, 2.24) is 0 Å². The molecule has 0 bridgehead atoms. The molecule has 0 N–H and O–H groups in total. The first kappa shape index (κ1) is 33.4. The molecule has 0 amide bonds. The molecule has 5 aromatic carbocycles. The van der Waals surface area contributed by atoms with Crippen LogP contribution in [-0.2, 0) is 16.4 Å². The largest absolute Gasteiger partial charge is 0.497 e. The van der Waals surface area contributed by atoms with Crippen molar-refractivity contribution in [2.45, 2.75) is 77.2 Å². The van der Waals surface area contributed by atoms with E-state index in [1.54, 1.807) is 21.3 Å². The van der Waals surface area contributed by atoms with E-state index in [4.69, 9.17) is 18.9 Å². The van der Waals surface area contributed by atoms with E-state index < -0.39 is 5.60 Å². The number of methoxy groups -OCH3 is 3. The van der Waals surface area contributed by atoms with Crippen LogP contribution in [0.15, 0.2) is 97.1 Å². The number of fused-ring (bicyclic) bond motifs is 9. The van der Waals surface area contributed by atoms with Crippen molar-refractivity contribution >= 4 is 16.8 Å². The highest BCUT2D eigenvalue weighted by atomic mass is 16.5. The Bertz CT molecular complexity index is 2170. The molecule has 5 aromatic rings. The summed E-state index contributed by atoms with van der Waals surface area (Å²) in [5.41, 5.74) is 7.65. The fourth-order valence-corrected chi connectivity index (χ4v) is 10.8. The van der Waals surface area contributed by atoms with Crippen molar-refractivity contribution in [2.24, 2.45) is 10.8 Å². The number of hydrogen-bond donors (Lipinski definition) is 0. The average molecular weight is 679 g/mol. The van der Waals surface area contributed by atoms with Crippen molar-refractivity contribution in [3.05, 3.63) is 125 Å². The average Bonchev–Trinajstić information content (AvgIpc) is 3.12. The van der Waals surface area contributed by atoms with Gasteiger partial charge in [-0.3, -0.25) is 0 Å². The minimum Gasteiger partial charge on any atom is -0.497 e. The maximum Gasteiger partial charge on any atom is 0.178 e. The van der Waals surface area contributed by atoms with E-state index in [-0.39, 0.29) is 21.7 Å². The summed E-state index contributed by atoms with van der Waals surface area (Å²) in [5.74, 6) is 3.08. The third kappa shape index (κ3) is 4.85. The highest BCUT2D eigenvalue weighted by Gasteiger charge is 2.60. The number of rotatable bonds is 5. The molecule has 3 aliphatic rings. The molecule has 262 valence electrons. The highest BCUT2D eigenvalue weighted by Crippen LogP contribution is 2.69. The van der Waals surface area contributed by atoms with Crippen LogP contribution in [0.2, 0.25) is 0 Å². The van der Waals surface area contributed by atoms with E-state index >= 15 is 0 Å². The van der Waals surface area contributed by atoms with Gasteiger partial charge >= 0.3 is 0 Å². The lowest BCUT2D eigenvalue weighted by Crippen LogP contribution is -2.56. The molecule has 1 spiro atoms. The van der Waals surface area contributed by atoms with Gasteiger partial charge in [-0.1, -0.05) is 114 Å². The zero-order valence-corrected chi connectivity index (χ0v) is 31.6.